The molecule has 2 aromatic carbocycles. The maximum Gasteiger partial charge on any atom is 0.394 e. The van der Waals surface area contributed by atoms with Crippen LogP contribution >= 0.6 is 8.25 Å². The molecule has 1 unspecified atom stereocenters. The van der Waals surface area contributed by atoms with Crippen molar-refractivity contribution in [3.8, 4) is 17.1 Å². The Balaban J connectivity index is 2.16. The zero-order valence-electron chi connectivity index (χ0n) is 11.1. The van der Waals surface area contributed by atoms with Gasteiger partial charge in [0.2, 0.25) is 0 Å². The predicted molar refractivity (Wildman–Crippen MR) is 81.1 cm³/mol. The highest BCUT2D eigenvalue weighted by molar-refractivity contribution is 7.33. The Bertz CT molecular complexity index is 909. The molecule has 0 radical (unpaired) electrons. The summed E-state index contributed by atoms with van der Waals surface area (Å²) in [5.74, 6) is 0.450. The fraction of sp³-hybridized carbons (Fsp3) is 0. The van der Waals surface area contributed by atoms with Gasteiger partial charge in [-0.3, -0.25) is 4.79 Å². The molecule has 7 nitrogen and oxygen atoms in total. The maximum atomic E-state index is 12.1. The second kappa shape index (κ2) is 6.11. The van der Waals surface area contributed by atoms with Crippen molar-refractivity contribution in [2.75, 3.05) is 0 Å². The lowest BCUT2D eigenvalue weighted by molar-refractivity contribution is -0.137. The van der Waals surface area contributed by atoms with Crippen molar-refractivity contribution in [3.05, 3.63) is 58.9 Å². The molecule has 22 heavy (non-hydrogen) atoms. The van der Waals surface area contributed by atoms with E-state index < -0.39 is 8.25 Å². The molecule has 0 saturated carbocycles. The lowest BCUT2D eigenvalue weighted by Gasteiger charge is -2.09. The number of benzene rings is 2. The normalized spacial score (nSPS) is 12.2. The molecule has 0 fully saturated rings. The molecule has 1 aromatic heterocycles. The van der Waals surface area contributed by atoms with E-state index in [2.05, 4.69) is 14.6 Å². The molecule has 0 aliphatic rings. The van der Waals surface area contributed by atoms with E-state index in [-0.39, 0.29) is 17.1 Å². The van der Waals surface area contributed by atoms with Gasteiger partial charge in [0.15, 0.2) is 0 Å². The van der Waals surface area contributed by atoms with Gasteiger partial charge in [0.25, 0.3) is 5.56 Å². The van der Waals surface area contributed by atoms with E-state index in [1.807, 2.05) is 0 Å². The van der Waals surface area contributed by atoms with Crippen LogP contribution in [0.15, 0.2) is 53.3 Å². The quantitative estimate of drug-likeness (QED) is 0.436. The van der Waals surface area contributed by atoms with E-state index in [4.69, 9.17) is 9.78 Å². The van der Waals surface area contributed by atoms with Crippen LogP contribution in [-0.2, 0) is 9.24 Å². The van der Waals surface area contributed by atoms with Crippen molar-refractivity contribution in [2.24, 2.45) is 0 Å². The lowest BCUT2D eigenvalue weighted by Crippen LogP contribution is -2.09. The fourth-order valence-corrected chi connectivity index (χ4v) is 2.47. The van der Waals surface area contributed by atoms with Crippen molar-refractivity contribution in [2.45, 2.75) is 0 Å². The summed E-state index contributed by atoms with van der Waals surface area (Å²) in [5, 5.41) is 8.85. The van der Waals surface area contributed by atoms with Gasteiger partial charge in [0, 0.05) is 0 Å². The standard InChI is InChI=1S/C14H11N2O5P/c17-14-9-5-1-3-7-11(9)15-13(16-14)10-6-2-4-8-12(10)20-22(19)21-18/h1-8,18,22H,(H,15,16,17). The molecule has 0 amide bonds. The Labute approximate surface area is 125 Å². The number of aromatic nitrogens is 2. The van der Waals surface area contributed by atoms with Crippen LogP contribution in [0.5, 0.6) is 5.75 Å². The molecule has 0 aliphatic heterocycles. The van der Waals surface area contributed by atoms with Crippen LogP contribution in [-0.4, -0.2) is 15.2 Å². The Hall–Kier alpha value is -2.47. The van der Waals surface area contributed by atoms with Crippen molar-refractivity contribution in [1.82, 2.24) is 9.97 Å². The summed E-state index contributed by atoms with van der Waals surface area (Å²) < 4.78 is 19.9. The van der Waals surface area contributed by atoms with Crippen LogP contribution in [0.1, 0.15) is 0 Å². The van der Waals surface area contributed by atoms with Gasteiger partial charge >= 0.3 is 8.25 Å². The number of nitrogens with one attached hydrogen (secondary N) is 1. The summed E-state index contributed by atoms with van der Waals surface area (Å²) in [6, 6.07) is 13.5. The van der Waals surface area contributed by atoms with Gasteiger partial charge in [-0.25, -0.2) is 14.8 Å². The lowest BCUT2D eigenvalue weighted by atomic mass is 10.1. The molecule has 112 valence electrons. The second-order valence-electron chi connectivity index (χ2n) is 4.37. The number of rotatable bonds is 4. The number of hydrogen-bond donors (Lipinski definition) is 2. The number of hydrogen-bond acceptors (Lipinski definition) is 6. The van der Waals surface area contributed by atoms with E-state index in [1.165, 1.54) is 6.07 Å². The highest BCUT2D eigenvalue weighted by Gasteiger charge is 2.12. The first-order valence-electron chi connectivity index (χ1n) is 6.31. The zero-order valence-corrected chi connectivity index (χ0v) is 12.1. The first kappa shape index (κ1) is 14.5. The molecular weight excluding hydrogens is 307 g/mol. The van der Waals surface area contributed by atoms with Gasteiger partial charge < -0.3 is 9.51 Å². The van der Waals surface area contributed by atoms with Gasteiger partial charge in [-0.05, 0) is 24.3 Å². The van der Waals surface area contributed by atoms with Gasteiger partial charge in [0.1, 0.15) is 11.6 Å². The van der Waals surface area contributed by atoms with Crippen LogP contribution in [0.25, 0.3) is 22.3 Å². The highest BCUT2D eigenvalue weighted by atomic mass is 31.1. The smallest absolute Gasteiger partial charge is 0.394 e. The summed E-state index contributed by atoms with van der Waals surface area (Å²) in [5.41, 5.74) is 0.671. The topological polar surface area (TPSA) is 102 Å². The third-order valence-electron chi connectivity index (χ3n) is 3.02. The van der Waals surface area contributed by atoms with Crippen LogP contribution in [0, 0.1) is 0 Å². The van der Waals surface area contributed by atoms with Crippen LogP contribution in [0.4, 0.5) is 0 Å². The zero-order chi connectivity index (χ0) is 15.5. The third kappa shape index (κ3) is 2.78. The predicted octanol–water partition coefficient (Wildman–Crippen LogP) is 2.85. The summed E-state index contributed by atoms with van der Waals surface area (Å²) in [4.78, 5) is 19.1. The molecule has 0 saturated heterocycles. The van der Waals surface area contributed by atoms with Crippen molar-refractivity contribution in [1.29, 1.82) is 0 Å². The molecule has 0 bridgehead atoms. The number of H-pyrrole nitrogens is 1. The van der Waals surface area contributed by atoms with E-state index in [9.17, 15) is 9.36 Å². The van der Waals surface area contributed by atoms with E-state index in [0.29, 0.717) is 16.5 Å². The molecular formula is C14H11N2O5P. The third-order valence-corrected chi connectivity index (χ3v) is 3.56. The SMILES string of the molecule is O=c1[nH]c(-c2ccccc2O[PH](=O)OO)nc2ccccc12. The van der Waals surface area contributed by atoms with E-state index in [0.717, 1.165) is 0 Å². The summed E-state index contributed by atoms with van der Waals surface area (Å²) in [7, 11) is -3.08. The molecule has 2 N–H and O–H groups in total. The number of nitrogens with zero attached hydrogens (tertiary/aromatic N) is 1. The molecule has 3 rings (SSSR count). The van der Waals surface area contributed by atoms with Crippen molar-refractivity contribution >= 4 is 19.2 Å². The maximum absolute atomic E-state index is 12.1. The number of para-hydroxylation sites is 2. The van der Waals surface area contributed by atoms with Gasteiger partial charge in [-0.1, -0.05) is 24.3 Å². The first-order valence-corrected chi connectivity index (χ1v) is 7.53. The summed E-state index contributed by atoms with van der Waals surface area (Å²) in [6.07, 6.45) is 0. The average Bonchev–Trinajstić information content (AvgIpc) is 2.55. The van der Waals surface area contributed by atoms with Gasteiger partial charge in [-0.2, -0.15) is 0 Å². The molecule has 8 heteroatoms. The summed E-state index contributed by atoms with van der Waals surface area (Å²) >= 11 is 0. The Morgan fingerprint density at radius 3 is 2.64 bits per heavy atom. The van der Waals surface area contributed by atoms with E-state index in [1.54, 1.807) is 42.5 Å². The highest BCUT2D eigenvalue weighted by Crippen LogP contribution is 2.34. The van der Waals surface area contributed by atoms with Crippen LogP contribution in [0.3, 0.4) is 0 Å². The van der Waals surface area contributed by atoms with Crippen molar-refractivity contribution < 1.29 is 19.0 Å². The molecule has 3 aromatic rings. The molecule has 0 aliphatic carbocycles. The first-order chi connectivity index (χ1) is 10.7. The Morgan fingerprint density at radius 1 is 1.09 bits per heavy atom. The van der Waals surface area contributed by atoms with Crippen LogP contribution < -0.4 is 10.1 Å². The minimum atomic E-state index is -3.08. The molecule has 1 atom stereocenters. The van der Waals surface area contributed by atoms with Crippen molar-refractivity contribution in [3.63, 3.8) is 0 Å². The van der Waals surface area contributed by atoms with Gasteiger partial charge in [0.05, 0.1) is 16.5 Å². The second-order valence-corrected chi connectivity index (χ2v) is 5.26. The minimum Gasteiger partial charge on any atom is -0.424 e. The van der Waals surface area contributed by atoms with E-state index >= 15 is 0 Å². The minimum absolute atomic E-state index is 0.180. The Kier molecular flexibility index (Phi) is 4.02. The molecule has 0 spiro atoms. The summed E-state index contributed by atoms with van der Waals surface area (Å²) in [6.45, 7) is 0. The number of fused-ring (bicyclic) bond motifs is 1. The number of aromatic amines is 1. The Morgan fingerprint density at radius 2 is 1.82 bits per heavy atom. The fourth-order valence-electron chi connectivity index (χ4n) is 2.07. The molecule has 1 heterocycles. The average molecular weight is 318 g/mol. The van der Waals surface area contributed by atoms with Crippen LogP contribution in [0.2, 0.25) is 0 Å². The largest absolute Gasteiger partial charge is 0.424 e. The van der Waals surface area contributed by atoms with Gasteiger partial charge in [-0.15, -0.1) is 4.67 Å². The monoisotopic (exact) mass is 318 g/mol.